The number of nitrogens with one attached hydrogen (secondary N) is 1. The maximum atomic E-state index is 12.1. The van der Waals surface area contributed by atoms with Crippen molar-refractivity contribution in [3.05, 3.63) is 65.0 Å². The summed E-state index contributed by atoms with van der Waals surface area (Å²) in [6.45, 7) is 2.31. The van der Waals surface area contributed by atoms with Crippen LogP contribution in [-0.2, 0) is 21.1 Å². The summed E-state index contributed by atoms with van der Waals surface area (Å²) in [6, 6.07) is 11.8. The molecule has 23 heavy (non-hydrogen) atoms. The van der Waals surface area contributed by atoms with E-state index in [4.69, 9.17) is 0 Å². The number of carbonyl (C=O) groups is 1. The van der Waals surface area contributed by atoms with Crippen LogP contribution in [0.3, 0.4) is 0 Å². The van der Waals surface area contributed by atoms with Crippen LogP contribution in [0.1, 0.15) is 11.1 Å². The van der Waals surface area contributed by atoms with Crippen molar-refractivity contribution < 1.29 is 17.9 Å². The quantitative estimate of drug-likeness (QED) is 0.624. The molecule has 1 aromatic heterocycles. The smallest absolute Gasteiger partial charge is 0.309 e. The highest BCUT2D eigenvalue weighted by Gasteiger charge is 2.26. The lowest BCUT2D eigenvalue weighted by Gasteiger charge is -2.08. The van der Waals surface area contributed by atoms with E-state index < -0.39 is 26.5 Å². The van der Waals surface area contributed by atoms with Crippen molar-refractivity contribution in [3.8, 4) is 0 Å². The molecule has 1 aromatic carbocycles. The second-order valence-corrected chi connectivity index (χ2v) is 7.09. The molecule has 2 aromatic rings. The monoisotopic (exact) mass is 334 g/mol. The zero-order chi connectivity index (χ0) is 16.9. The molecule has 6 nitrogen and oxygen atoms in total. The fourth-order valence-corrected chi connectivity index (χ4v) is 3.39. The van der Waals surface area contributed by atoms with Gasteiger partial charge in [-0.2, -0.15) is 4.73 Å². The number of rotatable bonds is 6. The molecule has 122 valence electrons. The number of pyridine rings is 1. The molecular formula is C16H18N2O4S. The lowest BCUT2D eigenvalue weighted by Crippen LogP contribution is -2.38. The van der Waals surface area contributed by atoms with Gasteiger partial charge >= 0.3 is 5.03 Å². The predicted octanol–water partition coefficient (Wildman–Crippen LogP) is 0.761. The van der Waals surface area contributed by atoms with Crippen molar-refractivity contribution in [2.24, 2.45) is 0 Å². The normalized spacial score (nSPS) is 11.2. The number of sulfone groups is 1. The van der Waals surface area contributed by atoms with Crippen molar-refractivity contribution in [2.75, 3.05) is 12.3 Å². The Kier molecular flexibility index (Phi) is 5.33. The molecule has 0 saturated carbocycles. The molecule has 0 aliphatic heterocycles. The minimum absolute atomic E-state index is 0.246. The highest BCUT2D eigenvalue weighted by Crippen LogP contribution is 2.07. The number of benzene rings is 1. The van der Waals surface area contributed by atoms with E-state index in [0.29, 0.717) is 13.0 Å². The van der Waals surface area contributed by atoms with Gasteiger partial charge in [0, 0.05) is 18.7 Å². The van der Waals surface area contributed by atoms with Crippen molar-refractivity contribution in [3.63, 3.8) is 0 Å². The number of aromatic nitrogens is 1. The van der Waals surface area contributed by atoms with Crippen LogP contribution in [0.5, 0.6) is 0 Å². The fourth-order valence-electron chi connectivity index (χ4n) is 2.18. The fraction of sp³-hybridized carbons (Fsp3) is 0.250. The Bertz CT molecular complexity index is 803. The third-order valence-corrected chi connectivity index (χ3v) is 5.00. The molecule has 0 bridgehead atoms. The van der Waals surface area contributed by atoms with E-state index in [1.54, 1.807) is 0 Å². The van der Waals surface area contributed by atoms with Gasteiger partial charge in [0.25, 0.3) is 0 Å². The van der Waals surface area contributed by atoms with E-state index in [-0.39, 0.29) is 4.73 Å². The molecule has 7 heteroatoms. The zero-order valence-electron chi connectivity index (χ0n) is 12.7. The molecule has 1 N–H and O–H groups in total. The van der Waals surface area contributed by atoms with Crippen LogP contribution >= 0.6 is 0 Å². The molecule has 0 radical (unpaired) electrons. The Labute approximate surface area is 135 Å². The molecule has 0 unspecified atom stereocenters. The van der Waals surface area contributed by atoms with Crippen LogP contribution in [0.15, 0.2) is 53.7 Å². The first-order chi connectivity index (χ1) is 10.9. The van der Waals surface area contributed by atoms with Crippen LogP contribution in [0.2, 0.25) is 0 Å². The number of carbonyl (C=O) groups excluding carboxylic acids is 1. The van der Waals surface area contributed by atoms with Crippen LogP contribution in [-0.4, -0.2) is 26.6 Å². The standard InChI is InChI=1S/C16H18N2O4S/c1-13-6-2-3-7-14(13)9-10-17-15(19)12-23(21,22)16-8-4-5-11-18(16)20/h2-8,11H,9-10,12H2,1H3,(H,17,19). The van der Waals surface area contributed by atoms with Gasteiger partial charge in [0.1, 0.15) is 5.75 Å². The topological polar surface area (TPSA) is 90.2 Å². The Morgan fingerprint density at radius 2 is 1.87 bits per heavy atom. The second-order valence-electron chi connectivity index (χ2n) is 5.15. The van der Waals surface area contributed by atoms with Gasteiger partial charge < -0.3 is 10.5 Å². The summed E-state index contributed by atoms with van der Waals surface area (Å²) in [7, 11) is -3.95. The summed E-state index contributed by atoms with van der Waals surface area (Å²) in [6.07, 6.45) is 1.70. The van der Waals surface area contributed by atoms with Gasteiger partial charge in [0.05, 0.1) is 0 Å². The molecule has 0 spiro atoms. The highest BCUT2D eigenvalue weighted by atomic mass is 32.2. The van der Waals surface area contributed by atoms with Gasteiger partial charge in [-0.3, -0.25) is 4.79 Å². The highest BCUT2D eigenvalue weighted by molar-refractivity contribution is 7.91. The Morgan fingerprint density at radius 3 is 2.57 bits per heavy atom. The zero-order valence-corrected chi connectivity index (χ0v) is 13.5. The molecule has 0 aliphatic rings. The maximum absolute atomic E-state index is 12.1. The minimum atomic E-state index is -3.95. The third kappa shape index (κ3) is 4.53. The average molecular weight is 334 g/mol. The Morgan fingerprint density at radius 1 is 1.17 bits per heavy atom. The number of amides is 1. The van der Waals surface area contributed by atoms with Gasteiger partial charge in [-0.05, 0) is 30.5 Å². The molecule has 1 amide bonds. The van der Waals surface area contributed by atoms with Crippen molar-refractivity contribution >= 4 is 15.7 Å². The lowest BCUT2D eigenvalue weighted by molar-refractivity contribution is -0.646. The van der Waals surface area contributed by atoms with Gasteiger partial charge in [0.2, 0.25) is 15.7 Å². The van der Waals surface area contributed by atoms with E-state index in [9.17, 15) is 18.4 Å². The summed E-state index contributed by atoms with van der Waals surface area (Å²) in [5.41, 5.74) is 2.21. The summed E-state index contributed by atoms with van der Waals surface area (Å²) >= 11 is 0. The summed E-state index contributed by atoms with van der Waals surface area (Å²) in [5, 5.41) is 13.6. The SMILES string of the molecule is Cc1ccccc1CCNC(=O)CS(=O)(=O)c1cccc[n+]1[O-]. The van der Waals surface area contributed by atoms with Gasteiger partial charge in [-0.1, -0.05) is 24.3 Å². The third-order valence-electron chi connectivity index (χ3n) is 3.41. The van der Waals surface area contributed by atoms with Gasteiger partial charge in [0.15, 0.2) is 6.20 Å². The molecule has 2 rings (SSSR count). The average Bonchev–Trinajstić information content (AvgIpc) is 2.49. The van der Waals surface area contributed by atoms with Crippen molar-refractivity contribution in [1.29, 1.82) is 0 Å². The van der Waals surface area contributed by atoms with Crippen LogP contribution in [0.4, 0.5) is 0 Å². The largest absolute Gasteiger partial charge is 0.618 e. The van der Waals surface area contributed by atoms with Crippen LogP contribution in [0.25, 0.3) is 0 Å². The summed E-state index contributed by atoms with van der Waals surface area (Å²) in [4.78, 5) is 11.8. The summed E-state index contributed by atoms with van der Waals surface area (Å²) in [5.74, 6) is -1.37. The number of hydrogen-bond donors (Lipinski definition) is 1. The lowest BCUT2D eigenvalue weighted by atomic mass is 10.1. The van der Waals surface area contributed by atoms with Crippen molar-refractivity contribution in [2.45, 2.75) is 18.4 Å². The van der Waals surface area contributed by atoms with E-state index in [2.05, 4.69) is 5.32 Å². The van der Waals surface area contributed by atoms with Crippen LogP contribution < -0.4 is 10.0 Å². The number of aryl methyl sites for hydroxylation is 1. The second kappa shape index (κ2) is 7.23. The minimum Gasteiger partial charge on any atom is -0.618 e. The van der Waals surface area contributed by atoms with Crippen LogP contribution in [0, 0.1) is 12.1 Å². The predicted molar refractivity (Wildman–Crippen MR) is 85.3 cm³/mol. The van der Waals surface area contributed by atoms with E-state index in [1.165, 1.54) is 18.2 Å². The summed E-state index contributed by atoms with van der Waals surface area (Å²) < 4.78 is 24.4. The Hall–Kier alpha value is -2.41. The maximum Gasteiger partial charge on any atom is 0.309 e. The molecule has 1 heterocycles. The van der Waals surface area contributed by atoms with E-state index >= 15 is 0 Å². The molecule has 0 aliphatic carbocycles. The molecule has 0 saturated heterocycles. The molecule has 0 fully saturated rings. The first-order valence-corrected chi connectivity index (χ1v) is 8.77. The molecular weight excluding hydrogens is 316 g/mol. The van der Waals surface area contributed by atoms with E-state index in [1.807, 2.05) is 31.2 Å². The van der Waals surface area contributed by atoms with Gasteiger partial charge in [-0.15, -0.1) is 0 Å². The van der Waals surface area contributed by atoms with E-state index in [0.717, 1.165) is 17.3 Å². The first-order valence-electron chi connectivity index (χ1n) is 7.12. The molecule has 0 atom stereocenters. The Balaban J connectivity index is 1.92. The first kappa shape index (κ1) is 17.0. The van der Waals surface area contributed by atoms with Crippen molar-refractivity contribution in [1.82, 2.24) is 5.32 Å². The number of nitrogens with zero attached hydrogens (tertiary/aromatic N) is 1. The number of hydrogen-bond acceptors (Lipinski definition) is 4. The van der Waals surface area contributed by atoms with Gasteiger partial charge in [-0.25, -0.2) is 8.42 Å².